The van der Waals surface area contributed by atoms with Crippen molar-refractivity contribution in [3.8, 4) is 11.5 Å². The van der Waals surface area contributed by atoms with Gasteiger partial charge < -0.3 is 15.2 Å². The zero-order valence-corrected chi connectivity index (χ0v) is 16.4. The van der Waals surface area contributed by atoms with Crippen LogP contribution in [0.2, 0.25) is 0 Å². The van der Waals surface area contributed by atoms with Gasteiger partial charge in [-0.1, -0.05) is 26.0 Å². The number of aromatic amines is 1. The van der Waals surface area contributed by atoms with Crippen molar-refractivity contribution in [2.45, 2.75) is 26.4 Å². The van der Waals surface area contributed by atoms with Crippen LogP contribution in [-0.2, 0) is 0 Å². The third kappa shape index (κ3) is 3.35. The second-order valence-electron chi connectivity index (χ2n) is 7.32. The smallest absolute Gasteiger partial charge is 0.365 e. The molecule has 0 saturated heterocycles. The van der Waals surface area contributed by atoms with E-state index in [1.165, 1.54) is 0 Å². The number of rotatable bonds is 6. The quantitative estimate of drug-likeness (QED) is 0.573. The highest BCUT2D eigenvalue weighted by atomic mass is 16.5. The Morgan fingerprint density at radius 3 is 2.79 bits per heavy atom. The van der Waals surface area contributed by atoms with Crippen LogP contribution in [0.5, 0.6) is 11.5 Å². The number of H-pyrrole nitrogens is 1. The van der Waals surface area contributed by atoms with Crippen molar-refractivity contribution in [3.05, 3.63) is 48.0 Å². The molecular weight excluding hydrogens is 354 g/mol. The molecule has 146 valence electrons. The highest BCUT2D eigenvalue weighted by Gasteiger charge is 2.31. The lowest BCUT2D eigenvalue weighted by Crippen LogP contribution is -2.48. The van der Waals surface area contributed by atoms with E-state index in [1.54, 1.807) is 7.11 Å². The maximum absolute atomic E-state index is 6.04. The van der Waals surface area contributed by atoms with E-state index in [2.05, 4.69) is 39.8 Å². The number of anilines is 1. The fourth-order valence-corrected chi connectivity index (χ4v) is 3.38. The molecule has 1 aliphatic rings. The minimum Gasteiger partial charge on any atom is -0.493 e. The molecule has 0 fully saturated rings. The number of imidazole rings is 1. The summed E-state index contributed by atoms with van der Waals surface area (Å²) in [6, 6.07) is 14.0. The van der Waals surface area contributed by atoms with Crippen molar-refractivity contribution in [3.63, 3.8) is 0 Å². The van der Waals surface area contributed by atoms with E-state index in [9.17, 15) is 0 Å². The van der Waals surface area contributed by atoms with Crippen molar-refractivity contribution in [2.24, 2.45) is 16.6 Å². The van der Waals surface area contributed by atoms with E-state index in [0.29, 0.717) is 24.2 Å². The van der Waals surface area contributed by atoms with Gasteiger partial charge in [-0.05, 0) is 42.7 Å². The highest BCUT2D eigenvalue weighted by Crippen LogP contribution is 2.32. The molecule has 0 radical (unpaired) electrons. The predicted octanol–water partition coefficient (Wildman–Crippen LogP) is 3.18. The van der Waals surface area contributed by atoms with Crippen molar-refractivity contribution < 1.29 is 14.0 Å². The van der Waals surface area contributed by atoms with Gasteiger partial charge in [0, 0.05) is 5.56 Å². The molecule has 28 heavy (non-hydrogen) atoms. The van der Waals surface area contributed by atoms with Crippen LogP contribution in [0.4, 0.5) is 5.95 Å². The average molecular weight is 380 g/mol. The van der Waals surface area contributed by atoms with Crippen molar-refractivity contribution >= 4 is 22.9 Å². The Morgan fingerprint density at radius 1 is 1.18 bits per heavy atom. The van der Waals surface area contributed by atoms with Gasteiger partial charge in [0.2, 0.25) is 6.17 Å². The minimum atomic E-state index is -0.300. The molecule has 0 aliphatic carbocycles. The predicted molar refractivity (Wildman–Crippen MR) is 110 cm³/mol. The Balaban J connectivity index is 1.71. The number of benzene rings is 2. The topological polar surface area (TPSA) is 88.5 Å². The maximum atomic E-state index is 6.04. The number of nitrogens with two attached hydrogens (primary N) is 1. The zero-order chi connectivity index (χ0) is 19.7. The summed E-state index contributed by atoms with van der Waals surface area (Å²) >= 11 is 0. The molecule has 2 heterocycles. The van der Waals surface area contributed by atoms with E-state index >= 15 is 0 Å². The number of hydrogen-bond donors (Lipinski definition) is 3. The van der Waals surface area contributed by atoms with Gasteiger partial charge in [-0.3, -0.25) is 0 Å². The van der Waals surface area contributed by atoms with Crippen LogP contribution in [0.1, 0.15) is 32.0 Å². The highest BCUT2D eigenvalue weighted by molar-refractivity contribution is 5.92. The molecule has 7 nitrogen and oxygen atoms in total. The lowest BCUT2D eigenvalue weighted by Gasteiger charge is -2.19. The number of ether oxygens (including phenoxy) is 2. The third-order valence-electron chi connectivity index (χ3n) is 4.85. The second-order valence-corrected chi connectivity index (χ2v) is 7.32. The van der Waals surface area contributed by atoms with Crippen LogP contribution in [-0.4, -0.2) is 24.7 Å². The summed E-state index contributed by atoms with van der Waals surface area (Å²) in [5.74, 6) is 3.19. The summed E-state index contributed by atoms with van der Waals surface area (Å²) in [6.07, 6.45) is 0.695. The molecular formula is C21H26N5O2+. The van der Waals surface area contributed by atoms with Gasteiger partial charge in [-0.25, -0.2) is 14.9 Å². The first-order valence-electron chi connectivity index (χ1n) is 9.50. The van der Waals surface area contributed by atoms with Gasteiger partial charge in [0.15, 0.2) is 11.5 Å². The van der Waals surface area contributed by atoms with Crippen molar-refractivity contribution in [2.75, 3.05) is 19.0 Å². The standard InChI is InChI=1S/C21H25N5O2/c1-13(2)10-11-28-17-9-8-14(12-18(17)27-3)19-24-20(22)25-21-23-15-6-4-5-7-16(15)26(19)21/h4-9,12-13,19H,10-11H2,1-3H3,(H3,22,23,24,25)/p+1/t19-/m0/s1. The summed E-state index contributed by atoms with van der Waals surface area (Å²) in [6.45, 7) is 5.02. The lowest BCUT2D eigenvalue weighted by atomic mass is 10.1. The summed E-state index contributed by atoms with van der Waals surface area (Å²) < 4.78 is 13.6. The normalized spacial score (nSPS) is 15.9. The number of hydrogen-bond acceptors (Lipinski definition) is 5. The number of guanidine groups is 1. The average Bonchev–Trinajstić information content (AvgIpc) is 3.05. The van der Waals surface area contributed by atoms with E-state index in [-0.39, 0.29) is 6.17 Å². The molecule has 7 heteroatoms. The first-order valence-corrected chi connectivity index (χ1v) is 9.50. The van der Waals surface area contributed by atoms with Crippen LogP contribution in [0, 0.1) is 5.92 Å². The molecule has 4 N–H and O–H groups in total. The number of nitrogens with zero attached hydrogens (tertiary/aromatic N) is 2. The van der Waals surface area contributed by atoms with Gasteiger partial charge in [0.05, 0.1) is 13.7 Å². The number of aromatic nitrogens is 2. The zero-order valence-electron chi connectivity index (χ0n) is 16.4. The molecule has 3 aromatic rings. The van der Waals surface area contributed by atoms with Crippen LogP contribution in [0.25, 0.3) is 11.0 Å². The first kappa shape index (κ1) is 18.2. The van der Waals surface area contributed by atoms with Gasteiger partial charge in [-0.15, -0.1) is 0 Å². The SMILES string of the molecule is COc1cc([C@H]2N=C(N)Nc3[nH]c4ccccc4[n+]32)ccc1OCCC(C)C. The second kappa shape index (κ2) is 7.42. The largest absolute Gasteiger partial charge is 0.493 e. The fourth-order valence-electron chi connectivity index (χ4n) is 3.38. The molecule has 1 atom stereocenters. The molecule has 2 aromatic carbocycles. The number of methoxy groups -OCH3 is 1. The monoisotopic (exact) mass is 380 g/mol. The van der Waals surface area contributed by atoms with E-state index in [0.717, 1.165) is 34.7 Å². The van der Waals surface area contributed by atoms with Gasteiger partial charge in [0.25, 0.3) is 5.96 Å². The number of aliphatic imine (C=N–C) groups is 1. The molecule has 0 amide bonds. The lowest BCUT2D eigenvalue weighted by molar-refractivity contribution is -0.674. The van der Waals surface area contributed by atoms with Crippen LogP contribution < -0.4 is 25.1 Å². The Bertz CT molecular complexity index is 1020. The van der Waals surface area contributed by atoms with Crippen molar-refractivity contribution in [1.29, 1.82) is 0 Å². The van der Waals surface area contributed by atoms with Gasteiger partial charge in [-0.2, -0.15) is 4.99 Å². The van der Waals surface area contributed by atoms with Crippen LogP contribution in [0.3, 0.4) is 0 Å². The third-order valence-corrected chi connectivity index (χ3v) is 4.85. The van der Waals surface area contributed by atoms with E-state index in [1.807, 2.05) is 36.4 Å². The first-order chi connectivity index (χ1) is 13.6. The van der Waals surface area contributed by atoms with Gasteiger partial charge in [0.1, 0.15) is 11.0 Å². The van der Waals surface area contributed by atoms with Crippen LogP contribution in [0.15, 0.2) is 47.5 Å². The van der Waals surface area contributed by atoms with Crippen LogP contribution >= 0.6 is 0 Å². The summed E-state index contributed by atoms with van der Waals surface area (Å²) in [4.78, 5) is 8.00. The Kier molecular flexibility index (Phi) is 4.81. The molecule has 4 rings (SSSR count). The Hall–Kier alpha value is -3.22. The molecule has 1 aliphatic heterocycles. The fraction of sp³-hybridized carbons (Fsp3) is 0.333. The Labute approximate surface area is 164 Å². The summed E-state index contributed by atoms with van der Waals surface area (Å²) in [5.41, 5.74) is 9.07. The summed E-state index contributed by atoms with van der Waals surface area (Å²) in [5, 5.41) is 3.11. The molecule has 0 bridgehead atoms. The minimum absolute atomic E-state index is 0.300. The maximum Gasteiger partial charge on any atom is 0.365 e. The van der Waals surface area contributed by atoms with E-state index < -0.39 is 0 Å². The summed E-state index contributed by atoms with van der Waals surface area (Å²) in [7, 11) is 1.65. The Morgan fingerprint density at radius 2 is 2.00 bits per heavy atom. The van der Waals surface area contributed by atoms with Gasteiger partial charge >= 0.3 is 5.95 Å². The number of fused-ring (bicyclic) bond motifs is 3. The molecule has 0 unspecified atom stereocenters. The molecule has 0 saturated carbocycles. The van der Waals surface area contributed by atoms with Crippen molar-refractivity contribution in [1.82, 2.24) is 4.98 Å². The molecule has 1 aromatic heterocycles. The number of para-hydroxylation sites is 2. The molecule has 0 spiro atoms. The van der Waals surface area contributed by atoms with E-state index in [4.69, 9.17) is 15.2 Å². The number of nitrogens with one attached hydrogen (secondary N) is 2.